The minimum Gasteiger partial charge on any atom is -0.148 e. The average Bonchev–Trinajstić information content (AvgIpc) is 2.35. The van der Waals surface area contributed by atoms with E-state index in [0.29, 0.717) is 6.61 Å². The third-order valence-corrected chi connectivity index (χ3v) is 3.48. The fraction of sp³-hybridized carbons (Fsp3) is 1.00. The highest BCUT2D eigenvalue weighted by molar-refractivity contribution is 7.17. The summed E-state index contributed by atoms with van der Waals surface area (Å²) < 4.78 is 14.8. The topological polar surface area (TPSA) is 26.3 Å². The largest absolute Gasteiger partial charge is 0.494 e. The van der Waals surface area contributed by atoms with Crippen LogP contribution in [-0.2, 0) is 9.09 Å². The van der Waals surface area contributed by atoms with Crippen molar-refractivity contribution < 1.29 is 9.09 Å². The molecule has 0 aromatic heterocycles. The summed E-state index contributed by atoms with van der Waals surface area (Å²) in [6.45, 7) is 2.93. The average molecular weight is 261 g/mol. The molecule has 0 saturated heterocycles. The Hall–Kier alpha value is 0.0600. The van der Waals surface area contributed by atoms with E-state index in [0.717, 1.165) is 6.42 Å². The molecule has 0 rings (SSSR count). The van der Waals surface area contributed by atoms with Gasteiger partial charge in [0.05, 0.1) is 0 Å². The molecule has 1 unspecified atom stereocenters. The predicted molar refractivity (Wildman–Crippen MR) is 76.0 cm³/mol. The van der Waals surface area contributed by atoms with Crippen LogP contribution in [0.2, 0.25) is 0 Å². The fourth-order valence-corrected chi connectivity index (χ4v) is 2.28. The van der Waals surface area contributed by atoms with Crippen molar-refractivity contribution in [3.63, 3.8) is 0 Å². The van der Waals surface area contributed by atoms with E-state index in [1.807, 2.05) is 0 Å². The van der Waals surface area contributed by atoms with Crippen molar-refractivity contribution in [3.05, 3.63) is 0 Å². The maximum absolute atomic E-state index is 10.0. The first-order chi connectivity index (χ1) is 8.41. The Morgan fingerprint density at radius 2 is 1.12 bits per heavy atom. The Bertz CT molecular complexity index is 151. The number of rotatable bonds is 14. The zero-order valence-electron chi connectivity index (χ0n) is 11.5. The van der Waals surface area contributed by atoms with Crippen LogP contribution in [0.3, 0.4) is 0 Å². The minimum absolute atomic E-state index is 0.581. The second-order valence-corrected chi connectivity index (χ2v) is 5.28. The Morgan fingerprint density at radius 1 is 0.706 bits per heavy atom. The van der Waals surface area contributed by atoms with Crippen molar-refractivity contribution in [1.82, 2.24) is 0 Å². The first-order valence-electron chi connectivity index (χ1n) is 7.40. The second kappa shape index (κ2) is 16.1. The highest BCUT2D eigenvalue weighted by atomic mass is 31.1. The molecule has 0 radical (unpaired) electrons. The lowest BCUT2D eigenvalue weighted by Crippen LogP contribution is -1.86. The maximum atomic E-state index is 10.0. The molecule has 0 aliphatic heterocycles. The van der Waals surface area contributed by atoms with Gasteiger partial charge in [0.2, 0.25) is 0 Å². The van der Waals surface area contributed by atoms with Crippen LogP contribution in [0.15, 0.2) is 0 Å². The van der Waals surface area contributed by atoms with E-state index < -0.39 is 8.69 Å². The molecule has 3 heteroatoms. The summed E-state index contributed by atoms with van der Waals surface area (Å²) in [7, 11) is -0.581. The lowest BCUT2D eigenvalue weighted by molar-refractivity contribution is 0.328. The number of hydrogen-bond acceptors (Lipinski definition) is 2. The van der Waals surface area contributed by atoms with Crippen LogP contribution in [0.1, 0.15) is 84.0 Å². The van der Waals surface area contributed by atoms with Gasteiger partial charge < -0.3 is 0 Å². The van der Waals surface area contributed by atoms with Gasteiger partial charge in [-0.25, -0.2) is 0 Å². The van der Waals surface area contributed by atoms with E-state index >= 15 is 0 Å². The summed E-state index contributed by atoms with van der Waals surface area (Å²) in [6, 6.07) is 0. The normalized spacial score (nSPS) is 11.1. The van der Waals surface area contributed by atoms with Gasteiger partial charge in [-0.2, -0.15) is 0 Å². The molecular weight excluding hydrogens is 231 g/mol. The lowest BCUT2D eigenvalue weighted by atomic mass is 10.1. The molecule has 0 fully saturated rings. The van der Waals surface area contributed by atoms with E-state index in [-0.39, 0.29) is 0 Å². The fourth-order valence-electron chi connectivity index (χ4n) is 2.06. The standard InChI is InChI=1S/C14H30O2P/c1-2-3-4-5-6-7-8-9-10-11-12-13-14-16-17-15/h17H,2-14H2,1H3/q+1. The Balaban J connectivity index is 2.87. The molecule has 2 nitrogen and oxygen atoms in total. The van der Waals surface area contributed by atoms with Crippen molar-refractivity contribution in [2.75, 3.05) is 6.61 Å². The molecule has 17 heavy (non-hydrogen) atoms. The summed E-state index contributed by atoms with van der Waals surface area (Å²) in [5.41, 5.74) is 0. The van der Waals surface area contributed by atoms with Crippen molar-refractivity contribution in [1.29, 1.82) is 0 Å². The molecule has 0 aliphatic rings. The summed E-state index contributed by atoms with van der Waals surface area (Å²) in [5.74, 6) is 0. The van der Waals surface area contributed by atoms with Gasteiger partial charge in [-0.15, -0.1) is 4.52 Å². The van der Waals surface area contributed by atoms with Crippen LogP contribution in [0.25, 0.3) is 0 Å². The Labute approximate surface area is 109 Å². The van der Waals surface area contributed by atoms with Gasteiger partial charge in [-0.05, 0) is 11.0 Å². The molecule has 1 atom stereocenters. The summed E-state index contributed by atoms with van der Waals surface area (Å²) in [4.78, 5) is 0. The zero-order chi connectivity index (χ0) is 12.6. The maximum Gasteiger partial charge on any atom is 0.494 e. The molecule has 0 saturated carbocycles. The van der Waals surface area contributed by atoms with Gasteiger partial charge in [0, 0.05) is 0 Å². The summed E-state index contributed by atoms with van der Waals surface area (Å²) >= 11 is 0. The van der Waals surface area contributed by atoms with Gasteiger partial charge >= 0.3 is 8.69 Å². The molecule has 0 amide bonds. The van der Waals surface area contributed by atoms with Crippen LogP contribution >= 0.6 is 8.69 Å². The molecule has 102 valence electrons. The first kappa shape index (κ1) is 17.1. The minimum atomic E-state index is -0.581. The molecular formula is C14H30O2P+. The van der Waals surface area contributed by atoms with Gasteiger partial charge in [0.15, 0.2) is 0 Å². The Kier molecular flexibility index (Phi) is 16.1. The van der Waals surface area contributed by atoms with Crippen molar-refractivity contribution in [2.45, 2.75) is 84.0 Å². The van der Waals surface area contributed by atoms with Crippen LogP contribution < -0.4 is 0 Å². The summed E-state index contributed by atoms with van der Waals surface area (Å²) in [6.07, 6.45) is 16.2. The predicted octanol–water partition coefficient (Wildman–Crippen LogP) is 5.64. The highest BCUT2D eigenvalue weighted by Gasteiger charge is 1.95. The monoisotopic (exact) mass is 261 g/mol. The van der Waals surface area contributed by atoms with Crippen molar-refractivity contribution in [3.8, 4) is 0 Å². The van der Waals surface area contributed by atoms with Gasteiger partial charge in [0.1, 0.15) is 6.61 Å². The van der Waals surface area contributed by atoms with Crippen LogP contribution in [0.5, 0.6) is 0 Å². The molecule has 0 N–H and O–H groups in total. The molecule has 0 bridgehead atoms. The van der Waals surface area contributed by atoms with Gasteiger partial charge in [-0.3, -0.25) is 0 Å². The van der Waals surface area contributed by atoms with E-state index in [4.69, 9.17) is 4.52 Å². The second-order valence-electron chi connectivity index (χ2n) is 4.82. The van der Waals surface area contributed by atoms with Crippen molar-refractivity contribution in [2.24, 2.45) is 0 Å². The van der Waals surface area contributed by atoms with E-state index in [1.54, 1.807) is 0 Å². The van der Waals surface area contributed by atoms with Crippen LogP contribution in [0.4, 0.5) is 0 Å². The number of hydrogen-bond donors (Lipinski definition) is 0. The third-order valence-electron chi connectivity index (χ3n) is 3.16. The van der Waals surface area contributed by atoms with E-state index in [1.165, 1.54) is 70.6 Å². The molecule has 0 heterocycles. The van der Waals surface area contributed by atoms with Crippen LogP contribution in [-0.4, -0.2) is 6.61 Å². The van der Waals surface area contributed by atoms with Crippen molar-refractivity contribution >= 4 is 8.69 Å². The quantitative estimate of drug-likeness (QED) is 0.298. The molecule has 0 aliphatic carbocycles. The smallest absolute Gasteiger partial charge is 0.148 e. The van der Waals surface area contributed by atoms with Crippen LogP contribution in [0, 0.1) is 0 Å². The molecule has 0 aromatic rings. The van der Waals surface area contributed by atoms with Gasteiger partial charge in [-0.1, -0.05) is 77.6 Å². The van der Waals surface area contributed by atoms with E-state index in [2.05, 4.69) is 6.92 Å². The summed E-state index contributed by atoms with van der Waals surface area (Å²) in [5, 5.41) is 0. The highest BCUT2D eigenvalue weighted by Crippen LogP contribution is 2.12. The van der Waals surface area contributed by atoms with E-state index in [9.17, 15) is 4.57 Å². The molecule has 0 aromatic carbocycles. The first-order valence-corrected chi connectivity index (χ1v) is 8.22. The lowest BCUT2D eigenvalue weighted by Gasteiger charge is -2.01. The SMILES string of the molecule is CCCCCCCCCCCCCCO[PH+]=O. The molecule has 0 spiro atoms. The zero-order valence-corrected chi connectivity index (χ0v) is 12.5. The van der Waals surface area contributed by atoms with Gasteiger partial charge in [0.25, 0.3) is 0 Å². The Morgan fingerprint density at radius 3 is 1.53 bits per heavy atom. The number of unbranched alkanes of at least 4 members (excludes halogenated alkanes) is 11. The third kappa shape index (κ3) is 16.1.